The first-order chi connectivity index (χ1) is 11.7. The Bertz CT molecular complexity index is 1030. The number of hydrogen-bond donors (Lipinski definition) is 0. The van der Waals surface area contributed by atoms with E-state index < -0.39 is 0 Å². The number of aryl methyl sites for hydroxylation is 2. The Balaban J connectivity index is 1.82. The third-order valence-corrected chi connectivity index (χ3v) is 3.90. The molecule has 3 heterocycles. The van der Waals surface area contributed by atoms with E-state index in [1.165, 1.54) is 0 Å². The molecule has 0 atom stereocenters. The summed E-state index contributed by atoms with van der Waals surface area (Å²) < 4.78 is 13.1. The first-order valence-electron chi connectivity index (χ1n) is 7.59. The number of methoxy groups -OCH3 is 1. The Morgan fingerprint density at radius 1 is 1.04 bits per heavy atom. The molecule has 3 aromatic heterocycles. The first kappa shape index (κ1) is 14.4. The lowest BCUT2D eigenvalue weighted by molar-refractivity contribution is 0.415. The van der Waals surface area contributed by atoms with E-state index in [4.69, 9.17) is 9.15 Å². The fraction of sp³-hybridized carbons (Fsp3) is 0.167. The number of aromatic nitrogens is 4. The molecule has 120 valence electrons. The lowest BCUT2D eigenvalue weighted by Crippen LogP contribution is -1.89. The van der Waals surface area contributed by atoms with E-state index in [-0.39, 0.29) is 0 Å². The van der Waals surface area contributed by atoms with Gasteiger partial charge in [-0.05, 0) is 49.7 Å². The highest BCUT2D eigenvalue weighted by atomic mass is 16.5. The standard InChI is InChI=1S/C18H16N4O2/c1-11-7-8-22-15(9-11)19-12(2)16(22)18-21-20-17(24-18)13-5-4-6-14(10-13)23-3/h4-10H,1-3H3. The Morgan fingerprint density at radius 2 is 1.88 bits per heavy atom. The summed E-state index contributed by atoms with van der Waals surface area (Å²) in [6.07, 6.45) is 1.97. The maximum atomic E-state index is 5.89. The van der Waals surface area contributed by atoms with Gasteiger partial charge < -0.3 is 9.15 Å². The van der Waals surface area contributed by atoms with Crippen LogP contribution in [0, 0.1) is 13.8 Å². The van der Waals surface area contributed by atoms with Crippen LogP contribution in [-0.4, -0.2) is 26.7 Å². The summed E-state index contributed by atoms with van der Waals surface area (Å²) in [5.41, 5.74) is 4.49. The molecule has 0 bridgehead atoms. The van der Waals surface area contributed by atoms with Crippen LogP contribution in [0.2, 0.25) is 0 Å². The summed E-state index contributed by atoms with van der Waals surface area (Å²) in [6.45, 7) is 3.98. The van der Waals surface area contributed by atoms with Crippen LogP contribution in [0.25, 0.3) is 28.7 Å². The highest BCUT2D eigenvalue weighted by molar-refractivity contribution is 5.62. The van der Waals surface area contributed by atoms with Crippen molar-refractivity contribution in [1.82, 2.24) is 19.6 Å². The van der Waals surface area contributed by atoms with Gasteiger partial charge in [0.25, 0.3) is 5.89 Å². The van der Waals surface area contributed by atoms with Crippen molar-refractivity contribution in [2.45, 2.75) is 13.8 Å². The Kier molecular flexibility index (Phi) is 3.30. The van der Waals surface area contributed by atoms with Crippen LogP contribution < -0.4 is 4.74 Å². The fourth-order valence-electron chi connectivity index (χ4n) is 2.71. The predicted molar refractivity (Wildman–Crippen MR) is 89.9 cm³/mol. The van der Waals surface area contributed by atoms with Crippen LogP contribution in [0.1, 0.15) is 11.3 Å². The molecule has 1 aromatic carbocycles. The van der Waals surface area contributed by atoms with Gasteiger partial charge in [-0.25, -0.2) is 4.98 Å². The molecule has 6 heteroatoms. The minimum absolute atomic E-state index is 0.446. The zero-order valence-corrected chi connectivity index (χ0v) is 13.6. The van der Waals surface area contributed by atoms with Gasteiger partial charge in [0.2, 0.25) is 5.89 Å². The average Bonchev–Trinajstić information content (AvgIpc) is 3.18. The van der Waals surface area contributed by atoms with Crippen molar-refractivity contribution in [3.8, 4) is 28.8 Å². The van der Waals surface area contributed by atoms with E-state index in [1.54, 1.807) is 7.11 Å². The highest BCUT2D eigenvalue weighted by Gasteiger charge is 2.18. The lowest BCUT2D eigenvalue weighted by atomic mass is 10.2. The minimum Gasteiger partial charge on any atom is -0.497 e. The van der Waals surface area contributed by atoms with Crippen LogP contribution in [0.15, 0.2) is 47.0 Å². The van der Waals surface area contributed by atoms with Gasteiger partial charge in [-0.3, -0.25) is 4.40 Å². The molecule has 0 fully saturated rings. The number of ether oxygens (including phenoxy) is 1. The van der Waals surface area contributed by atoms with Crippen molar-refractivity contribution in [3.05, 3.63) is 53.9 Å². The Morgan fingerprint density at radius 3 is 2.71 bits per heavy atom. The number of imidazole rings is 1. The largest absolute Gasteiger partial charge is 0.497 e. The second kappa shape index (κ2) is 5.49. The zero-order valence-electron chi connectivity index (χ0n) is 13.6. The van der Waals surface area contributed by atoms with E-state index in [1.807, 2.05) is 60.8 Å². The van der Waals surface area contributed by atoms with Gasteiger partial charge in [0.15, 0.2) is 0 Å². The topological polar surface area (TPSA) is 65.5 Å². The van der Waals surface area contributed by atoms with Crippen molar-refractivity contribution >= 4 is 5.65 Å². The molecular formula is C18H16N4O2. The molecule has 0 aliphatic rings. The molecule has 0 spiro atoms. The van der Waals surface area contributed by atoms with Crippen molar-refractivity contribution in [3.63, 3.8) is 0 Å². The SMILES string of the molecule is COc1cccc(-c2nnc(-c3c(C)nc4cc(C)ccn34)o2)c1. The van der Waals surface area contributed by atoms with Gasteiger partial charge in [-0.1, -0.05) is 6.07 Å². The number of benzene rings is 1. The van der Waals surface area contributed by atoms with Crippen LogP contribution in [0.5, 0.6) is 5.75 Å². The summed E-state index contributed by atoms with van der Waals surface area (Å²) in [7, 11) is 1.63. The predicted octanol–water partition coefficient (Wildman–Crippen LogP) is 3.68. The first-order valence-corrected chi connectivity index (χ1v) is 7.59. The monoisotopic (exact) mass is 320 g/mol. The molecule has 0 radical (unpaired) electrons. The van der Waals surface area contributed by atoms with Gasteiger partial charge in [0, 0.05) is 11.8 Å². The normalized spacial score (nSPS) is 11.1. The van der Waals surface area contributed by atoms with E-state index in [0.29, 0.717) is 11.8 Å². The minimum atomic E-state index is 0.446. The smallest absolute Gasteiger partial charge is 0.266 e. The molecule has 0 amide bonds. The fourth-order valence-corrected chi connectivity index (χ4v) is 2.71. The Labute approximate surface area is 138 Å². The van der Waals surface area contributed by atoms with E-state index >= 15 is 0 Å². The van der Waals surface area contributed by atoms with E-state index in [0.717, 1.165) is 33.9 Å². The molecule has 0 saturated carbocycles. The highest BCUT2D eigenvalue weighted by Crippen LogP contribution is 2.28. The van der Waals surface area contributed by atoms with Crippen LogP contribution in [0.4, 0.5) is 0 Å². The number of nitrogens with zero attached hydrogens (tertiary/aromatic N) is 4. The van der Waals surface area contributed by atoms with Gasteiger partial charge in [0.1, 0.15) is 17.1 Å². The maximum Gasteiger partial charge on any atom is 0.266 e. The average molecular weight is 320 g/mol. The third kappa shape index (κ3) is 2.32. The molecule has 0 N–H and O–H groups in total. The molecule has 0 saturated heterocycles. The summed E-state index contributed by atoms with van der Waals surface area (Å²) >= 11 is 0. The van der Waals surface area contributed by atoms with Crippen LogP contribution in [0.3, 0.4) is 0 Å². The number of pyridine rings is 1. The summed E-state index contributed by atoms with van der Waals surface area (Å²) in [4.78, 5) is 4.57. The van der Waals surface area contributed by atoms with Crippen LogP contribution >= 0.6 is 0 Å². The lowest BCUT2D eigenvalue weighted by Gasteiger charge is -2.00. The van der Waals surface area contributed by atoms with Gasteiger partial charge in [-0.15, -0.1) is 10.2 Å². The zero-order chi connectivity index (χ0) is 16.7. The number of hydrogen-bond acceptors (Lipinski definition) is 5. The second-order valence-corrected chi connectivity index (χ2v) is 5.62. The molecule has 24 heavy (non-hydrogen) atoms. The summed E-state index contributed by atoms with van der Waals surface area (Å²) in [6, 6.07) is 11.6. The molecular weight excluding hydrogens is 304 g/mol. The molecule has 0 aliphatic carbocycles. The quantitative estimate of drug-likeness (QED) is 0.576. The van der Waals surface area contributed by atoms with Gasteiger partial charge >= 0.3 is 0 Å². The molecule has 0 unspecified atom stereocenters. The number of fused-ring (bicyclic) bond motifs is 1. The van der Waals surface area contributed by atoms with Crippen molar-refractivity contribution < 1.29 is 9.15 Å². The number of rotatable bonds is 3. The van der Waals surface area contributed by atoms with Crippen molar-refractivity contribution in [2.75, 3.05) is 7.11 Å². The third-order valence-electron chi connectivity index (χ3n) is 3.90. The molecule has 6 nitrogen and oxygen atoms in total. The second-order valence-electron chi connectivity index (χ2n) is 5.62. The van der Waals surface area contributed by atoms with Gasteiger partial charge in [0.05, 0.1) is 12.8 Å². The van der Waals surface area contributed by atoms with E-state index in [9.17, 15) is 0 Å². The summed E-state index contributed by atoms with van der Waals surface area (Å²) in [5, 5.41) is 8.38. The molecule has 4 rings (SSSR count). The molecule has 0 aliphatic heterocycles. The Hall–Kier alpha value is -3.15. The van der Waals surface area contributed by atoms with Crippen molar-refractivity contribution in [2.24, 2.45) is 0 Å². The van der Waals surface area contributed by atoms with Crippen LogP contribution in [-0.2, 0) is 0 Å². The van der Waals surface area contributed by atoms with E-state index in [2.05, 4.69) is 15.2 Å². The summed E-state index contributed by atoms with van der Waals surface area (Å²) in [5.74, 6) is 1.64. The molecule has 4 aromatic rings. The van der Waals surface area contributed by atoms with Gasteiger partial charge in [-0.2, -0.15) is 0 Å². The van der Waals surface area contributed by atoms with Crippen molar-refractivity contribution in [1.29, 1.82) is 0 Å². The maximum absolute atomic E-state index is 5.89.